The number of aliphatic hydroxyl groups excluding tert-OH is 1. The standard InChI is InChI=1S/C36H38N4O5/c1-25-20-39-36(40-25)28-12-14-30(15-13-28)43-24-29(41)21-38-22-32(18-26-8-4-2-5-9-26)45-31-16-17-34(33(19-31)35(37)42)44-23-27-10-6-3-7-11-27/h2-17,19-20,29,32,38,41H,18,21-24H2,1H3,(H2,37,42)(H,39,40). The summed E-state index contributed by atoms with van der Waals surface area (Å²) in [7, 11) is 0. The highest BCUT2D eigenvalue weighted by Gasteiger charge is 2.17. The summed E-state index contributed by atoms with van der Waals surface area (Å²) in [5.41, 5.74) is 9.90. The second kappa shape index (κ2) is 15.6. The number of imidazole rings is 1. The monoisotopic (exact) mass is 606 g/mol. The van der Waals surface area contributed by atoms with Crippen LogP contribution in [-0.2, 0) is 13.0 Å². The molecule has 0 aliphatic heterocycles. The van der Waals surface area contributed by atoms with Crippen molar-refractivity contribution in [2.75, 3.05) is 19.7 Å². The smallest absolute Gasteiger partial charge is 0.252 e. The van der Waals surface area contributed by atoms with Gasteiger partial charge in [0.2, 0.25) is 0 Å². The number of aryl methyl sites for hydroxylation is 1. The Morgan fingerprint density at radius 2 is 1.58 bits per heavy atom. The van der Waals surface area contributed by atoms with Crippen molar-refractivity contribution >= 4 is 5.91 Å². The van der Waals surface area contributed by atoms with Gasteiger partial charge in [0, 0.05) is 31.3 Å². The molecule has 0 radical (unpaired) electrons. The molecule has 0 aliphatic rings. The summed E-state index contributed by atoms with van der Waals surface area (Å²) in [6.45, 7) is 3.12. The molecule has 0 fully saturated rings. The Balaban J connectivity index is 1.16. The third-order valence-electron chi connectivity index (χ3n) is 7.09. The maximum Gasteiger partial charge on any atom is 0.252 e. The van der Waals surface area contributed by atoms with Crippen LogP contribution in [0.15, 0.2) is 109 Å². The fourth-order valence-electron chi connectivity index (χ4n) is 4.79. The fraction of sp³-hybridized carbons (Fsp3) is 0.222. The van der Waals surface area contributed by atoms with E-state index in [0.29, 0.717) is 43.4 Å². The van der Waals surface area contributed by atoms with Crippen LogP contribution in [0.2, 0.25) is 0 Å². The molecule has 2 unspecified atom stereocenters. The number of carbonyl (C=O) groups excluding carboxylic acids is 1. The molecule has 1 heterocycles. The summed E-state index contributed by atoms with van der Waals surface area (Å²) in [6, 6.07) is 32.3. The molecule has 0 saturated heterocycles. The predicted octanol–water partition coefficient (Wildman–Crippen LogP) is 5.08. The van der Waals surface area contributed by atoms with Gasteiger partial charge in [0.1, 0.15) is 48.5 Å². The van der Waals surface area contributed by atoms with Crippen molar-refractivity contribution in [3.05, 3.63) is 132 Å². The Morgan fingerprint density at radius 1 is 0.889 bits per heavy atom. The van der Waals surface area contributed by atoms with Gasteiger partial charge < -0.3 is 35.4 Å². The van der Waals surface area contributed by atoms with E-state index in [2.05, 4.69) is 15.3 Å². The Morgan fingerprint density at radius 3 is 2.24 bits per heavy atom. The van der Waals surface area contributed by atoms with Crippen molar-refractivity contribution in [1.29, 1.82) is 0 Å². The number of H-pyrrole nitrogens is 1. The largest absolute Gasteiger partial charge is 0.491 e. The third kappa shape index (κ3) is 9.43. The normalized spacial score (nSPS) is 12.3. The number of rotatable bonds is 16. The SMILES string of the molecule is Cc1c[nH]c(-c2ccc(OCC(O)CNCC(Cc3ccccc3)Oc3ccc(OCc4ccccc4)c(C(N)=O)c3)cc2)n1. The number of hydrogen-bond acceptors (Lipinski definition) is 7. The number of primary amides is 1. The minimum absolute atomic E-state index is 0.128. The first kappa shape index (κ1) is 31.3. The first-order chi connectivity index (χ1) is 21.9. The first-order valence-corrected chi connectivity index (χ1v) is 14.9. The summed E-state index contributed by atoms with van der Waals surface area (Å²) < 4.78 is 18.0. The van der Waals surface area contributed by atoms with Gasteiger partial charge in [-0.3, -0.25) is 4.79 Å². The van der Waals surface area contributed by atoms with E-state index in [-0.39, 0.29) is 18.3 Å². The number of ether oxygens (including phenoxy) is 3. The van der Waals surface area contributed by atoms with E-state index < -0.39 is 12.0 Å². The van der Waals surface area contributed by atoms with Crippen LogP contribution in [0.25, 0.3) is 11.4 Å². The van der Waals surface area contributed by atoms with E-state index in [1.165, 1.54) is 0 Å². The van der Waals surface area contributed by atoms with Gasteiger partial charge in [-0.15, -0.1) is 0 Å². The lowest BCUT2D eigenvalue weighted by atomic mass is 10.1. The van der Waals surface area contributed by atoms with Crippen LogP contribution < -0.4 is 25.3 Å². The molecular formula is C36H38N4O5. The van der Waals surface area contributed by atoms with Crippen molar-refractivity contribution in [3.8, 4) is 28.6 Å². The fourth-order valence-corrected chi connectivity index (χ4v) is 4.79. The molecule has 5 aromatic rings. The van der Waals surface area contributed by atoms with Gasteiger partial charge in [-0.2, -0.15) is 0 Å². The quantitative estimate of drug-likeness (QED) is 0.123. The Kier molecular flexibility index (Phi) is 10.8. The summed E-state index contributed by atoms with van der Waals surface area (Å²) in [6.07, 6.45) is 1.43. The van der Waals surface area contributed by atoms with Crippen molar-refractivity contribution in [2.24, 2.45) is 5.73 Å². The molecule has 232 valence electrons. The molecule has 4 aromatic carbocycles. The Bertz CT molecular complexity index is 1640. The number of aromatic nitrogens is 2. The highest BCUT2D eigenvalue weighted by molar-refractivity contribution is 5.96. The molecular weight excluding hydrogens is 568 g/mol. The predicted molar refractivity (Wildman–Crippen MR) is 173 cm³/mol. The minimum atomic E-state index is -0.739. The molecule has 9 heteroatoms. The Labute approximate surface area is 263 Å². The molecule has 0 saturated carbocycles. The van der Waals surface area contributed by atoms with Crippen LogP contribution in [0.1, 0.15) is 27.2 Å². The topological polar surface area (TPSA) is 132 Å². The van der Waals surface area contributed by atoms with E-state index in [9.17, 15) is 9.90 Å². The lowest BCUT2D eigenvalue weighted by Gasteiger charge is -2.22. The molecule has 0 bridgehead atoms. The van der Waals surface area contributed by atoms with Gasteiger partial charge in [0.15, 0.2) is 0 Å². The van der Waals surface area contributed by atoms with Gasteiger partial charge in [-0.25, -0.2) is 4.98 Å². The highest BCUT2D eigenvalue weighted by atomic mass is 16.5. The summed E-state index contributed by atoms with van der Waals surface area (Å²) in [5, 5.41) is 13.9. The second-order valence-electron chi connectivity index (χ2n) is 10.8. The van der Waals surface area contributed by atoms with Crippen LogP contribution in [0.5, 0.6) is 17.2 Å². The third-order valence-corrected chi connectivity index (χ3v) is 7.09. The van der Waals surface area contributed by atoms with Crippen molar-refractivity contribution in [1.82, 2.24) is 15.3 Å². The summed E-state index contributed by atoms with van der Waals surface area (Å²) >= 11 is 0. The van der Waals surface area contributed by atoms with Crippen LogP contribution in [-0.4, -0.2) is 52.9 Å². The molecule has 2 atom stereocenters. The zero-order chi connectivity index (χ0) is 31.4. The number of nitrogens with two attached hydrogens (primary N) is 1. The molecule has 1 amide bonds. The lowest BCUT2D eigenvalue weighted by Crippen LogP contribution is -2.38. The Hall–Kier alpha value is -5.12. The second-order valence-corrected chi connectivity index (χ2v) is 10.8. The minimum Gasteiger partial charge on any atom is -0.491 e. The first-order valence-electron chi connectivity index (χ1n) is 14.9. The van der Waals surface area contributed by atoms with Gasteiger partial charge in [0.25, 0.3) is 5.91 Å². The number of benzene rings is 4. The van der Waals surface area contributed by atoms with Crippen molar-refractivity contribution < 1.29 is 24.1 Å². The van der Waals surface area contributed by atoms with Crippen molar-refractivity contribution in [2.45, 2.75) is 32.2 Å². The van der Waals surface area contributed by atoms with Crippen LogP contribution in [0, 0.1) is 6.92 Å². The van der Waals surface area contributed by atoms with E-state index in [4.69, 9.17) is 19.9 Å². The molecule has 0 aliphatic carbocycles. The number of nitrogens with one attached hydrogen (secondary N) is 2. The number of nitrogens with zero attached hydrogens (tertiary/aromatic N) is 1. The lowest BCUT2D eigenvalue weighted by molar-refractivity contribution is 0.0991. The number of aromatic amines is 1. The van der Waals surface area contributed by atoms with Crippen LogP contribution in [0.3, 0.4) is 0 Å². The molecule has 45 heavy (non-hydrogen) atoms. The number of amides is 1. The average molecular weight is 607 g/mol. The van der Waals surface area contributed by atoms with Gasteiger partial charge >= 0.3 is 0 Å². The van der Waals surface area contributed by atoms with E-state index >= 15 is 0 Å². The molecule has 0 spiro atoms. The molecule has 5 N–H and O–H groups in total. The maximum absolute atomic E-state index is 12.3. The zero-order valence-corrected chi connectivity index (χ0v) is 25.2. The van der Waals surface area contributed by atoms with E-state index in [1.807, 2.05) is 98.0 Å². The molecule has 5 rings (SSSR count). The van der Waals surface area contributed by atoms with Crippen molar-refractivity contribution in [3.63, 3.8) is 0 Å². The van der Waals surface area contributed by atoms with Gasteiger partial charge in [-0.1, -0.05) is 60.7 Å². The van der Waals surface area contributed by atoms with E-state index in [0.717, 1.165) is 28.2 Å². The zero-order valence-electron chi connectivity index (χ0n) is 25.2. The molecule has 9 nitrogen and oxygen atoms in total. The average Bonchev–Trinajstić information content (AvgIpc) is 3.50. The van der Waals surface area contributed by atoms with Gasteiger partial charge in [-0.05, 0) is 60.5 Å². The summed E-state index contributed by atoms with van der Waals surface area (Å²) in [5.74, 6) is 1.75. The van der Waals surface area contributed by atoms with Crippen LogP contribution in [0.4, 0.5) is 0 Å². The van der Waals surface area contributed by atoms with Gasteiger partial charge in [0.05, 0.1) is 11.3 Å². The number of hydrogen-bond donors (Lipinski definition) is 4. The maximum atomic E-state index is 12.3. The van der Waals surface area contributed by atoms with Crippen LogP contribution >= 0.6 is 0 Å². The molecule has 1 aromatic heterocycles. The number of aliphatic hydroxyl groups is 1. The highest BCUT2D eigenvalue weighted by Crippen LogP contribution is 2.26. The summed E-state index contributed by atoms with van der Waals surface area (Å²) in [4.78, 5) is 19.9. The number of carbonyl (C=O) groups is 1. The van der Waals surface area contributed by atoms with E-state index in [1.54, 1.807) is 18.2 Å².